The number of hydrogen-bond acceptors (Lipinski definition) is 4. The number of carbonyl (C=O) groups is 2. The van der Waals surface area contributed by atoms with Crippen molar-refractivity contribution in [1.29, 1.82) is 0 Å². The van der Waals surface area contributed by atoms with Gasteiger partial charge < -0.3 is 10.2 Å². The molecule has 0 bridgehead atoms. The van der Waals surface area contributed by atoms with E-state index in [1.165, 1.54) is 13.0 Å². The van der Waals surface area contributed by atoms with E-state index in [0.29, 0.717) is 18.7 Å². The normalized spacial score (nSPS) is 14.7. The van der Waals surface area contributed by atoms with Gasteiger partial charge in [-0.3, -0.25) is 9.59 Å². The molecule has 0 spiro atoms. The monoisotopic (exact) mass is 457 g/mol. The van der Waals surface area contributed by atoms with Crippen molar-refractivity contribution in [3.8, 4) is 0 Å². The molecule has 0 saturated carbocycles. The Hall–Kier alpha value is -2.71. The molecule has 172 valence electrons. The molecule has 0 radical (unpaired) electrons. The molecule has 8 heteroatoms. The van der Waals surface area contributed by atoms with Gasteiger partial charge in [0.15, 0.2) is 0 Å². The maximum Gasteiger partial charge on any atom is 0.242 e. The molecule has 2 N–H and O–H groups in total. The third-order valence-corrected chi connectivity index (χ3v) is 7.16. The molecule has 1 aliphatic heterocycles. The molecular formula is C24H31N3O4S. The average molecular weight is 458 g/mol. The van der Waals surface area contributed by atoms with Gasteiger partial charge in [0.2, 0.25) is 21.8 Å². The number of fused-ring (bicyclic) bond motifs is 1. The summed E-state index contributed by atoms with van der Waals surface area (Å²) >= 11 is 0. The minimum absolute atomic E-state index is 0.0665. The van der Waals surface area contributed by atoms with Crippen molar-refractivity contribution in [3.05, 3.63) is 53.6 Å². The number of benzene rings is 2. The lowest BCUT2D eigenvalue weighted by atomic mass is 10.0. The van der Waals surface area contributed by atoms with Crippen molar-refractivity contribution in [2.75, 3.05) is 16.8 Å². The van der Waals surface area contributed by atoms with Crippen molar-refractivity contribution in [2.24, 2.45) is 5.92 Å². The Morgan fingerprint density at radius 2 is 1.78 bits per heavy atom. The molecule has 0 fully saturated rings. The highest BCUT2D eigenvalue weighted by molar-refractivity contribution is 7.89. The summed E-state index contributed by atoms with van der Waals surface area (Å²) in [4.78, 5) is 26.5. The van der Waals surface area contributed by atoms with Crippen LogP contribution < -0.4 is 14.9 Å². The number of carbonyl (C=O) groups excluding carboxylic acids is 2. The van der Waals surface area contributed by atoms with Crippen LogP contribution in [0.5, 0.6) is 0 Å². The highest BCUT2D eigenvalue weighted by Gasteiger charge is 2.30. The predicted octanol–water partition coefficient (Wildman–Crippen LogP) is 3.49. The van der Waals surface area contributed by atoms with E-state index < -0.39 is 22.0 Å². The highest BCUT2D eigenvalue weighted by Crippen LogP contribution is 2.29. The van der Waals surface area contributed by atoms with Crippen molar-refractivity contribution in [2.45, 2.75) is 57.9 Å². The number of hydrogen-bond donors (Lipinski definition) is 2. The van der Waals surface area contributed by atoms with Gasteiger partial charge in [0.1, 0.15) is 6.04 Å². The predicted molar refractivity (Wildman–Crippen MR) is 126 cm³/mol. The van der Waals surface area contributed by atoms with Gasteiger partial charge in [0.25, 0.3) is 0 Å². The SMILES string of the molecule is CCc1ccc(NC(=O)C(NS(=O)(=O)c2ccc3c(c2)CCCN3C(C)=O)C(C)C)cc1. The van der Waals surface area contributed by atoms with Gasteiger partial charge in [-0.2, -0.15) is 4.72 Å². The van der Waals surface area contributed by atoms with Crippen LogP contribution in [0, 0.1) is 5.92 Å². The molecule has 2 aromatic rings. The number of sulfonamides is 1. The number of anilines is 2. The molecule has 2 amide bonds. The lowest BCUT2D eigenvalue weighted by Crippen LogP contribution is -2.47. The zero-order chi connectivity index (χ0) is 23.5. The maximum absolute atomic E-state index is 13.1. The van der Waals surface area contributed by atoms with E-state index in [9.17, 15) is 18.0 Å². The molecule has 0 aromatic heterocycles. The molecule has 1 unspecified atom stereocenters. The van der Waals surface area contributed by atoms with Crippen LogP contribution in [0.2, 0.25) is 0 Å². The maximum atomic E-state index is 13.1. The zero-order valence-electron chi connectivity index (χ0n) is 19.0. The number of aryl methyl sites for hydroxylation is 2. The van der Waals surface area contributed by atoms with E-state index in [2.05, 4.69) is 17.0 Å². The Morgan fingerprint density at radius 3 is 2.38 bits per heavy atom. The summed E-state index contributed by atoms with van der Waals surface area (Å²) in [5.41, 5.74) is 3.34. The van der Waals surface area contributed by atoms with Crippen molar-refractivity contribution < 1.29 is 18.0 Å². The molecule has 1 heterocycles. The van der Waals surface area contributed by atoms with Crippen LogP contribution in [0.4, 0.5) is 11.4 Å². The lowest BCUT2D eigenvalue weighted by Gasteiger charge is -2.29. The second-order valence-electron chi connectivity index (χ2n) is 8.45. The molecule has 0 aliphatic carbocycles. The number of nitrogens with one attached hydrogen (secondary N) is 2. The van der Waals surface area contributed by atoms with E-state index >= 15 is 0 Å². The van der Waals surface area contributed by atoms with Crippen molar-refractivity contribution >= 4 is 33.2 Å². The van der Waals surface area contributed by atoms with Gasteiger partial charge in [-0.05, 0) is 66.6 Å². The fraction of sp³-hybridized carbons (Fsp3) is 0.417. The van der Waals surface area contributed by atoms with Gasteiger partial charge in [-0.25, -0.2) is 8.42 Å². The van der Waals surface area contributed by atoms with Gasteiger partial charge in [0, 0.05) is 24.8 Å². The standard InChI is InChI=1S/C24H31N3O4S/c1-5-18-8-10-20(11-9-18)25-24(29)23(16(2)3)26-32(30,31)21-12-13-22-19(15-21)7-6-14-27(22)17(4)28/h8-13,15-16,23,26H,5-7,14H2,1-4H3,(H,25,29). The van der Waals surface area contributed by atoms with E-state index in [-0.39, 0.29) is 16.7 Å². The summed E-state index contributed by atoms with van der Waals surface area (Å²) < 4.78 is 28.8. The Balaban J connectivity index is 1.80. The molecular weight excluding hydrogens is 426 g/mol. The molecule has 1 aliphatic rings. The largest absolute Gasteiger partial charge is 0.325 e. The average Bonchev–Trinajstić information content (AvgIpc) is 2.76. The first-order valence-corrected chi connectivity index (χ1v) is 12.4. The van der Waals surface area contributed by atoms with Gasteiger partial charge in [0.05, 0.1) is 4.90 Å². The van der Waals surface area contributed by atoms with Crippen LogP contribution in [-0.4, -0.2) is 32.8 Å². The Kier molecular flexibility index (Phi) is 7.36. The summed E-state index contributed by atoms with van der Waals surface area (Å²) in [6.07, 6.45) is 2.37. The topological polar surface area (TPSA) is 95.6 Å². The number of amides is 2. The van der Waals surface area contributed by atoms with Crippen LogP contribution in [0.1, 0.15) is 45.2 Å². The summed E-state index contributed by atoms with van der Waals surface area (Å²) in [6.45, 7) is 7.77. The van der Waals surface area contributed by atoms with Crippen LogP contribution in [0.25, 0.3) is 0 Å². The van der Waals surface area contributed by atoms with Gasteiger partial charge in [-0.1, -0.05) is 32.9 Å². The summed E-state index contributed by atoms with van der Waals surface area (Å²) in [6, 6.07) is 11.3. The second kappa shape index (κ2) is 9.83. The third kappa shape index (κ3) is 5.37. The minimum atomic E-state index is -3.94. The smallest absolute Gasteiger partial charge is 0.242 e. The Morgan fingerprint density at radius 1 is 1.09 bits per heavy atom. The second-order valence-corrected chi connectivity index (χ2v) is 10.2. The van der Waals surface area contributed by atoms with E-state index in [0.717, 1.165) is 29.7 Å². The molecule has 7 nitrogen and oxygen atoms in total. The fourth-order valence-corrected chi connectivity index (χ4v) is 5.23. The van der Waals surface area contributed by atoms with Crippen molar-refractivity contribution in [1.82, 2.24) is 4.72 Å². The van der Waals surface area contributed by atoms with E-state index in [1.54, 1.807) is 30.9 Å². The minimum Gasteiger partial charge on any atom is -0.325 e. The summed E-state index contributed by atoms with van der Waals surface area (Å²) in [7, 11) is -3.94. The molecule has 2 aromatic carbocycles. The first-order chi connectivity index (χ1) is 15.1. The summed E-state index contributed by atoms with van der Waals surface area (Å²) in [5, 5.41) is 2.81. The highest BCUT2D eigenvalue weighted by atomic mass is 32.2. The van der Waals surface area contributed by atoms with E-state index in [1.807, 2.05) is 24.3 Å². The van der Waals surface area contributed by atoms with E-state index in [4.69, 9.17) is 0 Å². The Labute approximate surface area is 190 Å². The first-order valence-electron chi connectivity index (χ1n) is 11.0. The van der Waals surface area contributed by atoms with Crippen LogP contribution in [0.3, 0.4) is 0 Å². The van der Waals surface area contributed by atoms with Crippen LogP contribution in [0.15, 0.2) is 47.4 Å². The quantitative estimate of drug-likeness (QED) is 0.665. The fourth-order valence-electron chi connectivity index (χ4n) is 3.84. The lowest BCUT2D eigenvalue weighted by molar-refractivity contribution is -0.118. The van der Waals surface area contributed by atoms with Crippen LogP contribution in [-0.2, 0) is 32.5 Å². The summed E-state index contributed by atoms with van der Waals surface area (Å²) in [5.74, 6) is -0.734. The zero-order valence-corrected chi connectivity index (χ0v) is 19.8. The van der Waals surface area contributed by atoms with Gasteiger partial charge >= 0.3 is 0 Å². The molecule has 3 rings (SSSR count). The molecule has 32 heavy (non-hydrogen) atoms. The van der Waals surface area contributed by atoms with Crippen LogP contribution >= 0.6 is 0 Å². The molecule has 1 atom stereocenters. The Bertz CT molecular complexity index is 1090. The van der Waals surface area contributed by atoms with Crippen molar-refractivity contribution in [3.63, 3.8) is 0 Å². The van der Waals surface area contributed by atoms with Gasteiger partial charge in [-0.15, -0.1) is 0 Å². The molecule has 0 saturated heterocycles. The third-order valence-electron chi connectivity index (χ3n) is 5.72. The first kappa shape index (κ1) is 23.9. The number of rotatable bonds is 7. The number of nitrogens with zero attached hydrogens (tertiary/aromatic N) is 1.